The van der Waals surface area contributed by atoms with Crippen LogP contribution in [-0.2, 0) is 16.2 Å². The fraction of sp³-hybridized carbons (Fsp3) is 0.179. The van der Waals surface area contributed by atoms with Crippen molar-refractivity contribution in [3.8, 4) is 17.2 Å². The van der Waals surface area contributed by atoms with Gasteiger partial charge in [-0.1, -0.05) is 35.3 Å². The summed E-state index contributed by atoms with van der Waals surface area (Å²) in [5, 5.41) is 2.59. The molecule has 1 heterocycles. The van der Waals surface area contributed by atoms with Crippen LogP contribution in [0.2, 0.25) is 10.0 Å². The molecule has 11 heteroatoms. The average Bonchev–Trinajstić information content (AvgIpc) is 2.89. The lowest BCUT2D eigenvalue weighted by molar-refractivity contribution is -0.122. The largest absolute Gasteiger partial charge is 0.494 e. The molecular weight excluding hydrogens is 658 g/mol. The maximum absolute atomic E-state index is 13.5. The summed E-state index contributed by atoms with van der Waals surface area (Å²) in [6.45, 7) is 4.50. The standard InChI is InChI=1S/C28H23Cl2IN2O6/c1-3-37-19-9-10-24(38-4-2)23(14-19)33-27(35)20(26(34)32-28(33)36)11-17-12-21(29)25(22(30)13-17)39-15-16-5-7-18(31)8-6-16/h5-14H,3-4,15H2,1-2H3,(H,32,34,36)/b20-11+. The Labute approximate surface area is 249 Å². The highest BCUT2D eigenvalue weighted by atomic mass is 127. The first-order chi connectivity index (χ1) is 18.7. The lowest BCUT2D eigenvalue weighted by atomic mass is 10.1. The molecule has 1 fully saturated rings. The van der Waals surface area contributed by atoms with Crippen LogP contribution in [0.25, 0.3) is 6.08 Å². The van der Waals surface area contributed by atoms with Crippen molar-refractivity contribution < 1.29 is 28.6 Å². The van der Waals surface area contributed by atoms with Gasteiger partial charge < -0.3 is 14.2 Å². The van der Waals surface area contributed by atoms with Gasteiger partial charge in [0, 0.05) is 9.64 Å². The molecule has 0 aromatic heterocycles. The third-order valence-corrected chi connectivity index (χ3v) is 6.79. The van der Waals surface area contributed by atoms with Crippen LogP contribution >= 0.6 is 45.8 Å². The summed E-state index contributed by atoms with van der Waals surface area (Å²) >= 11 is 15.1. The minimum absolute atomic E-state index is 0.138. The number of carbonyl (C=O) groups is 3. The molecule has 0 spiro atoms. The van der Waals surface area contributed by atoms with Crippen molar-refractivity contribution in [2.45, 2.75) is 20.5 Å². The van der Waals surface area contributed by atoms with E-state index >= 15 is 0 Å². The molecule has 0 radical (unpaired) electrons. The van der Waals surface area contributed by atoms with Crippen molar-refractivity contribution in [1.82, 2.24) is 5.32 Å². The van der Waals surface area contributed by atoms with E-state index < -0.39 is 17.8 Å². The fourth-order valence-electron chi connectivity index (χ4n) is 3.79. The molecule has 0 saturated carbocycles. The van der Waals surface area contributed by atoms with E-state index in [0.29, 0.717) is 24.5 Å². The fourth-order valence-corrected chi connectivity index (χ4v) is 4.76. The molecule has 0 bridgehead atoms. The Morgan fingerprint density at radius 3 is 2.21 bits per heavy atom. The van der Waals surface area contributed by atoms with Gasteiger partial charge in [-0.25, -0.2) is 9.69 Å². The van der Waals surface area contributed by atoms with Crippen LogP contribution < -0.4 is 24.4 Å². The van der Waals surface area contributed by atoms with Crippen molar-refractivity contribution in [2.24, 2.45) is 0 Å². The summed E-state index contributed by atoms with van der Waals surface area (Å²) in [6.07, 6.45) is 1.31. The van der Waals surface area contributed by atoms with Gasteiger partial charge in [-0.3, -0.25) is 14.9 Å². The molecule has 8 nitrogen and oxygen atoms in total. The van der Waals surface area contributed by atoms with Gasteiger partial charge in [0.25, 0.3) is 11.8 Å². The summed E-state index contributed by atoms with van der Waals surface area (Å²) < 4.78 is 18.1. The third-order valence-electron chi connectivity index (χ3n) is 5.51. The normalized spacial score (nSPS) is 14.4. The highest BCUT2D eigenvalue weighted by molar-refractivity contribution is 14.1. The monoisotopic (exact) mass is 680 g/mol. The van der Waals surface area contributed by atoms with Gasteiger partial charge in [0.1, 0.15) is 23.7 Å². The highest BCUT2D eigenvalue weighted by Gasteiger charge is 2.38. The van der Waals surface area contributed by atoms with E-state index in [-0.39, 0.29) is 39.4 Å². The molecule has 39 heavy (non-hydrogen) atoms. The number of carbonyl (C=O) groups excluding carboxylic acids is 3. The molecule has 202 valence electrons. The molecule has 1 aliphatic rings. The first kappa shape index (κ1) is 28.7. The predicted octanol–water partition coefficient (Wildman–Crippen LogP) is 6.64. The smallest absolute Gasteiger partial charge is 0.336 e. The van der Waals surface area contributed by atoms with Crippen LogP contribution in [0.3, 0.4) is 0 Å². The van der Waals surface area contributed by atoms with E-state index in [9.17, 15) is 14.4 Å². The van der Waals surface area contributed by atoms with Crippen LogP contribution in [0.15, 0.2) is 60.2 Å². The van der Waals surface area contributed by atoms with E-state index in [2.05, 4.69) is 27.9 Å². The van der Waals surface area contributed by atoms with Crippen LogP contribution in [0.4, 0.5) is 10.5 Å². The van der Waals surface area contributed by atoms with Gasteiger partial charge in [-0.15, -0.1) is 0 Å². The number of halogens is 3. The third kappa shape index (κ3) is 6.66. The minimum Gasteiger partial charge on any atom is -0.494 e. The number of anilines is 1. The van der Waals surface area contributed by atoms with Crippen molar-refractivity contribution >= 4 is 75.4 Å². The van der Waals surface area contributed by atoms with Crippen LogP contribution in [0.1, 0.15) is 25.0 Å². The lowest BCUT2D eigenvalue weighted by Crippen LogP contribution is -2.54. The van der Waals surface area contributed by atoms with Gasteiger partial charge in [0.15, 0.2) is 5.75 Å². The number of rotatable bonds is 9. The average molecular weight is 681 g/mol. The number of nitrogens with one attached hydrogen (secondary N) is 1. The first-order valence-corrected chi connectivity index (χ1v) is 13.7. The Kier molecular flexibility index (Phi) is 9.36. The first-order valence-electron chi connectivity index (χ1n) is 11.9. The molecule has 0 atom stereocenters. The minimum atomic E-state index is -0.910. The molecule has 1 N–H and O–H groups in total. The van der Waals surface area contributed by atoms with E-state index in [0.717, 1.165) is 14.0 Å². The number of imide groups is 2. The second-order valence-corrected chi connectivity index (χ2v) is 10.2. The quantitative estimate of drug-likeness (QED) is 0.155. The molecule has 3 aromatic rings. The Morgan fingerprint density at radius 2 is 1.56 bits per heavy atom. The number of hydrogen-bond donors (Lipinski definition) is 1. The second kappa shape index (κ2) is 12.7. The Hall–Kier alpha value is -3.28. The van der Waals surface area contributed by atoms with Crippen molar-refractivity contribution in [2.75, 3.05) is 18.1 Å². The highest BCUT2D eigenvalue weighted by Crippen LogP contribution is 2.37. The summed E-state index contributed by atoms with van der Waals surface area (Å²) in [4.78, 5) is 39.8. The molecule has 4 amide bonds. The lowest BCUT2D eigenvalue weighted by Gasteiger charge is -2.28. The van der Waals surface area contributed by atoms with E-state index in [4.69, 9.17) is 37.4 Å². The summed E-state index contributed by atoms with van der Waals surface area (Å²) in [6, 6.07) is 14.7. The Bertz CT molecular complexity index is 1440. The zero-order valence-electron chi connectivity index (χ0n) is 20.9. The van der Waals surface area contributed by atoms with E-state index in [1.807, 2.05) is 31.2 Å². The molecule has 0 aliphatic carbocycles. The van der Waals surface area contributed by atoms with Crippen molar-refractivity contribution in [3.05, 3.63) is 84.9 Å². The van der Waals surface area contributed by atoms with Gasteiger partial charge in [0.05, 0.1) is 28.9 Å². The van der Waals surface area contributed by atoms with E-state index in [1.165, 1.54) is 24.3 Å². The van der Waals surface area contributed by atoms with Gasteiger partial charge in [0.2, 0.25) is 0 Å². The van der Waals surface area contributed by atoms with Crippen LogP contribution in [-0.4, -0.2) is 31.1 Å². The maximum Gasteiger partial charge on any atom is 0.336 e. The molecule has 4 rings (SSSR count). The topological polar surface area (TPSA) is 94.2 Å². The Balaban J connectivity index is 1.64. The summed E-state index contributed by atoms with van der Waals surface area (Å²) in [5.41, 5.74) is 1.15. The van der Waals surface area contributed by atoms with Gasteiger partial charge >= 0.3 is 6.03 Å². The van der Waals surface area contributed by atoms with Crippen molar-refractivity contribution in [1.29, 1.82) is 0 Å². The predicted molar refractivity (Wildman–Crippen MR) is 158 cm³/mol. The summed E-state index contributed by atoms with van der Waals surface area (Å²) in [5.74, 6) is -0.724. The second-order valence-electron chi connectivity index (χ2n) is 8.18. The molecule has 1 aliphatic heterocycles. The summed E-state index contributed by atoms with van der Waals surface area (Å²) in [7, 11) is 0. The zero-order valence-corrected chi connectivity index (χ0v) is 24.6. The number of benzene rings is 3. The van der Waals surface area contributed by atoms with Crippen LogP contribution in [0.5, 0.6) is 17.2 Å². The number of nitrogens with zero attached hydrogens (tertiary/aromatic N) is 1. The van der Waals surface area contributed by atoms with E-state index in [1.54, 1.807) is 19.1 Å². The number of urea groups is 1. The molecule has 0 unspecified atom stereocenters. The number of amides is 4. The van der Waals surface area contributed by atoms with Crippen LogP contribution in [0, 0.1) is 3.57 Å². The molecular formula is C28H23Cl2IN2O6. The van der Waals surface area contributed by atoms with Gasteiger partial charge in [-0.2, -0.15) is 0 Å². The maximum atomic E-state index is 13.5. The molecule has 1 saturated heterocycles. The zero-order chi connectivity index (χ0) is 28.1. The molecule has 3 aromatic carbocycles. The SMILES string of the molecule is CCOc1ccc(OCC)c(N2C(=O)NC(=O)/C(=C\c3cc(Cl)c(OCc4ccc(I)cc4)c(Cl)c3)C2=O)c1. The van der Waals surface area contributed by atoms with Crippen molar-refractivity contribution in [3.63, 3.8) is 0 Å². The number of barbiturate groups is 1. The number of hydrogen-bond acceptors (Lipinski definition) is 6. The Morgan fingerprint density at radius 1 is 0.897 bits per heavy atom. The van der Waals surface area contributed by atoms with Gasteiger partial charge in [-0.05, 0) is 90.0 Å². The number of ether oxygens (including phenoxy) is 3.